The highest BCUT2D eigenvalue weighted by atomic mass is 16.6. The van der Waals surface area contributed by atoms with Crippen LogP contribution >= 0.6 is 0 Å². The lowest BCUT2D eigenvalue weighted by atomic mass is 10.0. The van der Waals surface area contributed by atoms with Gasteiger partial charge < -0.3 is 10.1 Å². The van der Waals surface area contributed by atoms with E-state index >= 15 is 0 Å². The zero-order chi connectivity index (χ0) is 18.0. The van der Waals surface area contributed by atoms with E-state index in [1.54, 1.807) is 0 Å². The van der Waals surface area contributed by atoms with Crippen LogP contribution in [0.4, 0.5) is 0 Å². The molecule has 1 aliphatic rings. The molecule has 1 fully saturated rings. The van der Waals surface area contributed by atoms with Crippen molar-refractivity contribution in [3.8, 4) is 0 Å². The molecule has 0 bridgehead atoms. The molecule has 0 saturated carbocycles. The fourth-order valence-electron chi connectivity index (χ4n) is 3.25. The Morgan fingerprint density at radius 3 is 1.88 bits per heavy atom. The number of rotatable bonds is 19. The fourth-order valence-corrected chi connectivity index (χ4v) is 3.25. The third kappa shape index (κ3) is 18.3. The van der Waals surface area contributed by atoms with Gasteiger partial charge in [0.2, 0.25) is 0 Å². The molecule has 0 spiro atoms. The third-order valence-corrected chi connectivity index (χ3v) is 5.07. The van der Waals surface area contributed by atoms with Crippen molar-refractivity contribution in [3.05, 3.63) is 12.2 Å². The lowest BCUT2D eigenvalue weighted by Gasteiger charge is -2.03. The van der Waals surface area contributed by atoms with Crippen LogP contribution in [0.2, 0.25) is 0 Å². The van der Waals surface area contributed by atoms with E-state index in [0.29, 0.717) is 6.10 Å². The molecule has 1 N–H and O–H groups in total. The van der Waals surface area contributed by atoms with E-state index in [1.807, 2.05) is 0 Å². The predicted octanol–water partition coefficient (Wildman–Crippen LogP) is 6.65. The minimum atomic E-state index is 0.530. The van der Waals surface area contributed by atoms with Crippen molar-refractivity contribution in [2.45, 2.75) is 110 Å². The molecule has 0 aliphatic carbocycles. The highest BCUT2D eigenvalue weighted by molar-refractivity contribution is 4.81. The molecule has 0 aromatic heterocycles. The van der Waals surface area contributed by atoms with Crippen LogP contribution in [0.15, 0.2) is 12.2 Å². The molecule has 1 unspecified atom stereocenters. The summed E-state index contributed by atoms with van der Waals surface area (Å²) < 4.78 is 5.18. The zero-order valence-corrected chi connectivity index (χ0v) is 17.2. The lowest BCUT2D eigenvalue weighted by molar-refractivity contribution is 0.395. The van der Waals surface area contributed by atoms with E-state index in [2.05, 4.69) is 31.3 Å². The smallest absolute Gasteiger partial charge is 0.0933 e. The average molecular weight is 352 g/mol. The summed E-state index contributed by atoms with van der Waals surface area (Å²) in [5, 5.41) is 3.47. The Morgan fingerprint density at radius 1 is 0.800 bits per heavy atom. The number of hydrogen-bond donors (Lipinski definition) is 1. The Balaban J connectivity index is 1.65. The summed E-state index contributed by atoms with van der Waals surface area (Å²) in [6.07, 6.45) is 24.8. The van der Waals surface area contributed by atoms with Crippen molar-refractivity contribution >= 4 is 0 Å². The summed E-state index contributed by atoms with van der Waals surface area (Å²) in [4.78, 5) is 0. The second-order valence-corrected chi connectivity index (χ2v) is 8.28. The van der Waals surface area contributed by atoms with Crippen LogP contribution in [0.1, 0.15) is 104 Å². The Kier molecular flexibility index (Phi) is 15.5. The first-order chi connectivity index (χ1) is 12.3. The molecule has 1 atom stereocenters. The maximum absolute atomic E-state index is 5.18. The highest BCUT2D eigenvalue weighted by Crippen LogP contribution is 2.12. The van der Waals surface area contributed by atoms with E-state index in [-0.39, 0.29) is 0 Å². The minimum absolute atomic E-state index is 0.530. The van der Waals surface area contributed by atoms with Gasteiger partial charge in [-0.05, 0) is 44.6 Å². The van der Waals surface area contributed by atoms with Crippen molar-refractivity contribution < 1.29 is 4.74 Å². The molecule has 2 nitrogen and oxygen atoms in total. The Labute approximate surface area is 158 Å². The molecule has 0 aromatic rings. The van der Waals surface area contributed by atoms with Crippen molar-refractivity contribution in [3.63, 3.8) is 0 Å². The average Bonchev–Trinajstić information content (AvgIpc) is 3.41. The molecule has 25 heavy (non-hydrogen) atoms. The number of unbranched alkanes of at least 4 members (excludes halogenated alkanes) is 11. The zero-order valence-electron chi connectivity index (χ0n) is 17.2. The number of ether oxygens (including phenoxy) is 1. The first-order valence-corrected chi connectivity index (χ1v) is 11.3. The maximum atomic E-state index is 5.18. The molecule has 1 saturated heterocycles. The van der Waals surface area contributed by atoms with Gasteiger partial charge in [-0.2, -0.15) is 0 Å². The quantitative estimate of drug-likeness (QED) is 0.160. The van der Waals surface area contributed by atoms with E-state index in [1.165, 1.54) is 96.4 Å². The standard InChI is InChI=1S/C23H45NO/c1-22(2)18-16-14-12-10-8-6-4-3-5-7-9-11-13-15-17-19-24-20-23-21-25-23/h3-4,22-24H,5-21H2,1-2H3. The minimum Gasteiger partial charge on any atom is -0.372 e. The summed E-state index contributed by atoms with van der Waals surface area (Å²) in [6, 6.07) is 0. The van der Waals surface area contributed by atoms with Gasteiger partial charge >= 0.3 is 0 Å². The summed E-state index contributed by atoms with van der Waals surface area (Å²) >= 11 is 0. The van der Waals surface area contributed by atoms with Gasteiger partial charge in [-0.1, -0.05) is 83.8 Å². The molecule has 148 valence electrons. The predicted molar refractivity (Wildman–Crippen MR) is 111 cm³/mol. The van der Waals surface area contributed by atoms with Crippen LogP contribution < -0.4 is 5.32 Å². The van der Waals surface area contributed by atoms with Gasteiger partial charge in [0.1, 0.15) is 0 Å². The molecule has 0 amide bonds. The molecule has 0 radical (unpaired) electrons. The molecule has 1 aliphatic heterocycles. The molecule has 0 aromatic carbocycles. The maximum Gasteiger partial charge on any atom is 0.0933 e. The Bertz CT molecular complexity index is 296. The first kappa shape index (κ1) is 22.7. The summed E-state index contributed by atoms with van der Waals surface area (Å²) in [6.45, 7) is 7.86. The SMILES string of the molecule is CC(C)CCCCCCCC=CCCCCCCCCNCC1CO1. The normalized spacial score (nSPS) is 17.0. The van der Waals surface area contributed by atoms with Crippen LogP contribution in [0.3, 0.4) is 0 Å². The number of allylic oxidation sites excluding steroid dienone is 2. The van der Waals surface area contributed by atoms with Gasteiger partial charge in [0.05, 0.1) is 12.7 Å². The molecular weight excluding hydrogens is 306 g/mol. The monoisotopic (exact) mass is 351 g/mol. The van der Waals surface area contributed by atoms with Gasteiger partial charge in [0.25, 0.3) is 0 Å². The second-order valence-electron chi connectivity index (χ2n) is 8.28. The van der Waals surface area contributed by atoms with Gasteiger partial charge in [-0.3, -0.25) is 0 Å². The van der Waals surface area contributed by atoms with Crippen LogP contribution in [0.5, 0.6) is 0 Å². The Morgan fingerprint density at radius 2 is 1.32 bits per heavy atom. The number of hydrogen-bond acceptors (Lipinski definition) is 2. The van der Waals surface area contributed by atoms with Gasteiger partial charge in [0.15, 0.2) is 0 Å². The second kappa shape index (κ2) is 17.1. The fraction of sp³-hybridized carbons (Fsp3) is 0.913. The summed E-state index contributed by atoms with van der Waals surface area (Å²) in [5.41, 5.74) is 0. The molecule has 1 heterocycles. The summed E-state index contributed by atoms with van der Waals surface area (Å²) in [7, 11) is 0. The molecule has 1 rings (SSSR count). The van der Waals surface area contributed by atoms with Crippen LogP contribution in [0.25, 0.3) is 0 Å². The highest BCUT2D eigenvalue weighted by Gasteiger charge is 2.20. The van der Waals surface area contributed by atoms with Gasteiger partial charge in [0, 0.05) is 6.54 Å². The van der Waals surface area contributed by atoms with Gasteiger partial charge in [-0.15, -0.1) is 0 Å². The van der Waals surface area contributed by atoms with Crippen molar-refractivity contribution in [1.82, 2.24) is 5.32 Å². The topological polar surface area (TPSA) is 24.6 Å². The van der Waals surface area contributed by atoms with E-state index in [9.17, 15) is 0 Å². The van der Waals surface area contributed by atoms with Crippen LogP contribution in [-0.4, -0.2) is 25.8 Å². The van der Waals surface area contributed by atoms with Crippen LogP contribution in [0, 0.1) is 5.92 Å². The van der Waals surface area contributed by atoms with Crippen molar-refractivity contribution in [2.24, 2.45) is 5.92 Å². The third-order valence-electron chi connectivity index (χ3n) is 5.07. The lowest BCUT2D eigenvalue weighted by Crippen LogP contribution is -2.20. The number of epoxide rings is 1. The first-order valence-electron chi connectivity index (χ1n) is 11.3. The Hall–Kier alpha value is -0.340. The molecular formula is C23H45NO. The molecule has 2 heteroatoms. The van der Waals surface area contributed by atoms with E-state index in [4.69, 9.17) is 4.74 Å². The van der Waals surface area contributed by atoms with Gasteiger partial charge in [-0.25, -0.2) is 0 Å². The van der Waals surface area contributed by atoms with Crippen molar-refractivity contribution in [1.29, 1.82) is 0 Å². The number of nitrogens with one attached hydrogen (secondary N) is 1. The van der Waals surface area contributed by atoms with Crippen molar-refractivity contribution in [2.75, 3.05) is 19.7 Å². The van der Waals surface area contributed by atoms with E-state index < -0.39 is 0 Å². The van der Waals surface area contributed by atoms with E-state index in [0.717, 1.165) is 19.1 Å². The summed E-state index contributed by atoms with van der Waals surface area (Å²) in [5.74, 6) is 0.882. The largest absolute Gasteiger partial charge is 0.372 e. The van der Waals surface area contributed by atoms with Crippen LogP contribution in [-0.2, 0) is 4.74 Å².